The molecule has 0 saturated carbocycles. The molecule has 0 bridgehead atoms. The monoisotopic (exact) mass is 217 g/mol. The van der Waals surface area contributed by atoms with E-state index in [0.717, 1.165) is 17.2 Å². The van der Waals surface area contributed by atoms with Gasteiger partial charge in [0, 0.05) is 29.2 Å². The number of benzene rings is 1. The lowest BCUT2D eigenvalue weighted by Gasteiger charge is -2.01. The van der Waals surface area contributed by atoms with Gasteiger partial charge in [-0.3, -0.25) is 9.59 Å². The Bertz CT molecular complexity index is 569. The number of carbonyl (C=O) groups excluding carboxylic acids is 1. The quantitative estimate of drug-likeness (QED) is 0.795. The summed E-state index contributed by atoms with van der Waals surface area (Å²) in [6.07, 6.45) is 0.583. The molecule has 82 valence electrons. The Morgan fingerprint density at radius 3 is 2.75 bits per heavy atom. The number of carboxylic acid groups (broad SMARTS) is 1. The van der Waals surface area contributed by atoms with Crippen molar-refractivity contribution >= 4 is 23.2 Å². The van der Waals surface area contributed by atoms with E-state index in [9.17, 15) is 9.59 Å². The minimum atomic E-state index is -0.936. The Morgan fingerprint density at radius 1 is 1.44 bits per heavy atom. The second-order valence-corrected chi connectivity index (χ2v) is 3.62. The maximum atomic E-state index is 11.0. The van der Waals surface area contributed by atoms with Gasteiger partial charge in [-0.15, -0.1) is 0 Å². The molecule has 0 spiro atoms. The number of aldehydes is 1. The van der Waals surface area contributed by atoms with Gasteiger partial charge in [0.25, 0.3) is 0 Å². The van der Waals surface area contributed by atoms with Crippen molar-refractivity contribution in [3.05, 3.63) is 35.5 Å². The maximum absolute atomic E-state index is 11.0. The van der Waals surface area contributed by atoms with E-state index in [1.54, 1.807) is 11.6 Å². The molecule has 0 radical (unpaired) electrons. The van der Waals surface area contributed by atoms with E-state index in [0.29, 0.717) is 11.3 Å². The molecule has 4 heteroatoms. The first kappa shape index (κ1) is 10.4. The second kappa shape index (κ2) is 3.81. The zero-order valence-corrected chi connectivity index (χ0v) is 8.80. The molecule has 1 heterocycles. The largest absolute Gasteiger partial charge is 0.481 e. The van der Waals surface area contributed by atoms with E-state index in [-0.39, 0.29) is 6.42 Å². The number of aryl methyl sites for hydroxylation is 1. The van der Waals surface area contributed by atoms with Crippen molar-refractivity contribution in [2.24, 2.45) is 7.05 Å². The highest BCUT2D eigenvalue weighted by atomic mass is 16.4. The van der Waals surface area contributed by atoms with E-state index in [1.165, 1.54) is 0 Å². The van der Waals surface area contributed by atoms with Crippen LogP contribution in [0.3, 0.4) is 0 Å². The molecule has 2 rings (SSSR count). The third kappa shape index (κ3) is 1.48. The molecule has 1 aromatic carbocycles. The summed E-state index contributed by atoms with van der Waals surface area (Å²) in [5.41, 5.74) is 1.89. The van der Waals surface area contributed by atoms with Gasteiger partial charge in [0.1, 0.15) is 0 Å². The summed E-state index contributed by atoms with van der Waals surface area (Å²) in [4.78, 5) is 21.8. The van der Waals surface area contributed by atoms with Crippen LogP contribution in [-0.2, 0) is 18.3 Å². The molecule has 4 nitrogen and oxygen atoms in total. The van der Waals surface area contributed by atoms with Crippen LogP contribution in [0.4, 0.5) is 0 Å². The van der Waals surface area contributed by atoms with Gasteiger partial charge in [-0.2, -0.15) is 0 Å². The minimum absolute atomic E-state index is 0.140. The van der Waals surface area contributed by atoms with Crippen LogP contribution in [0.25, 0.3) is 10.9 Å². The smallest absolute Gasteiger partial charge is 0.309 e. The third-order valence-electron chi connectivity index (χ3n) is 2.71. The van der Waals surface area contributed by atoms with E-state index < -0.39 is 5.97 Å². The number of carboxylic acids is 1. The summed E-state index contributed by atoms with van der Waals surface area (Å²) in [5, 5.41) is 9.61. The molecule has 0 amide bonds. The zero-order valence-electron chi connectivity index (χ0n) is 8.80. The van der Waals surface area contributed by atoms with Crippen molar-refractivity contribution in [2.75, 3.05) is 0 Å². The Morgan fingerprint density at radius 2 is 2.12 bits per heavy atom. The molecule has 0 saturated heterocycles. The number of hydrogen-bond acceptors (Lipinski definition) is 2. The zero-order chi connectivity index (χ0) is 11.7. The van der Waals surface area contributed by atoms with Gasteiger partial charge in [-0.05, 0) is 6.07 Å². The molecule has 2 aromatic rings. The standard InChI is InChI=1S/C12H11NO3/c1-13-10-5-3-2-4-8(10)9(7-14)11(13)6-12(15)16/h2-5,7H,6H2,1H3,(H,15,16). The fourth-order valence-electron chi connectivity index (χ4n) is 1.96. The predicted molar refractivity (Wildman–Crippen MR) is 59.6 cm³/mol. The van der Waals surface area contributed by atoms with E-state index >= 15 is 0 Å². The molecule has 0 aliphatic heterocycles. The Balaban J connectivity index is 2.76. The van der Waals surface area contributed by atoms with Crippen LogP contribution >= 0.6 is 0 Å². The van der Waals surface area contributed by atoms with Gasteiger partial charge in [0.2, 0.25) is 0 Å². The molecule has 16 heavy (non-hydrogen) atoms. The normalized spacial score (nSPS) is 10.6. The average Bonchev–Trinajstić information content (AvgIpc) is 2.52. The molecular weight excluding hydrogens is 206 g/mol. The lowest BCUT2D eigenvalue weighted by molar-refractivity contribution is -0.136. The first-order valence-electron chi connectivity index (χ1n) is 4.88. The molecule has 1 N–H and O–H groups in total. The minimum Gasteiger partial charge on any atom is -0.481 e. The summed E-state index contributed by atoms with van der Waals surface area (Å²) < 4.78 is 1.76. The van der Waals surface area contributed by atoms with Crippen LogP contribution in [0.5, 0.6) is 0 Å². The van der Waals surface area contributed by atoms with Gasteiger partial charge in [0.05, 0.1) is 6.42 Å². The van der Waals surface area contributed by atoms with Crippen molar-refractivity contribution in [3.63, 3.8) is 0 Å². The lowest BCUT2D eigenvalue weighted by atomic mass is 10.1. The van der Waals surface area contributed by atoms with Crippen molar-refractivity contribution in [3.8, 4) is 0 Å². The summed E-state index contributed by atoms with van der Waals surface area (Å²) in [5.74, 6) is -0.936. The number of nitrogens with zero attached hydrogens (tertiary/aromatic N) is 1. The number of aliphatic carboxylic acids is 1. The van der Waals surface area contributed by atoms with Crippen molar-refractivity contribution in [2.45, 2.75) is 6.42 Å². The van der Waals surface area contributed by atoms with Gasteiger partial charge in [0.15, 0.2) is 6.29 Å². The molecule has 0 atom stereocenters. The lowest BCUT2D eigenvalue weighted by Crippen LogP contribution is -2.07. The number of aromatic nitrogens is 1. The van der Waals surface area contributed by atoms with Gasteiger partial charge < -0.3 is 9.67 Å². The van der Waals surface area contributed by atoms with Gasteiger partial charge in [-0.1, -0.05) is 18.2 Å². The van der Waals surface area contributed by atoms with E-state index in [1.807, 2.05) is 24.3 Å². The van der Waals surface area contributed by atoms with Crippen LogP contribution in [-0.4, -0.2) is 21.9 Å². The van der Waals surface area contributed by atoms with E-state index in [4.69, 9.17) is 5.11 Å². The fraction of sp³-hybridized carbons (Fsp3) is 0.167. The van der Waals surface area contributed by atoms with E-state index in [2.05, 4.69) is 0 Å². The number of para-hydroxylation sites is 1. The summed E-state index contributed by atoms with van der Waals surface area (Å²) >= 11 is 0. The number of hydrogen-bond donors (Lipinski definition) is 1. The topological polar surface area (TPSA) is 59.3 Å². The van der Waals surface area contributed by atoms with Crippen molar-refractivity contribution < 1.29 is 14.7 Å². The molecule has 0 aliphatic carbocycles. The molecule has 0 unspecified atom stereocenters. The third-order valence-corrected chi connectivity index (χ3v) is 2.71. The highest BCUT2D eigenvalue weighted by Crippen LogP contribution is 2.24. The highest BCUT2D eigenvalue weighted by molar-refractivity contribution is 6.00. The Hall–Kier alpha value is -2.10. The summed E-state index contributed by atoms with van der Waals surface area (Å²) in [6.45, 7) is 0. The molecular formula is C12H11NO3. The summed E-state index contributed by atoms with van der Waals surface area (Å²) in [7, 11) is 1.77. The first-order valence-corrected chi connectivity index (χ1v) is 4.88. The maximum Gasteiger partial charge on any atom is 0.309 e. The number of carbonyl (C=O) groups is 2. The van der Waals surface area contributed by atoms with Gasteiger partial charge in [-0.25, -0.2) is 0 Å². The van der Waals surface area contributed by atoms with Crippen molar-refractivity contribution in [1.82, 2.24) is 4.57 Å². The summed E-state index contributed by atoms with van der Waals surface area (Å²) in [6, 6.07) is 7.39. The highest BCUT2D eigenvalue weighted by Gasteiger charge is 2.16. The molecule has 0 fully saturated rings. The predicted octanol–water partition coefficient (Wildman–Crippen LogP) is 1.62. The molecule has 1 aromatic heterocycles. The van der Waals surface area contributed by atoms with Crippen LogP contribution in [0.1, 0.15) is 16.1 Å². The fourth-order valence-corrected chi connectivity index (χ4v) is 1.96. The number of rotatable bonds is 3. The number of fused-ring (bicyclic) bond motifs is 1. The Labute approximate surface area is 92.1 Å². The first-order chi connectivity index (χ1) is 7.65. The van der Waals surface area contributed by atoms with Crippen molar-refractivity contribution in [1.29, 1.82) is 0 Å². The SMILES string of the molecule is Cn1c(CC(=O)O)c(C=O)c2ccccc21. The Kier molecular flexibility index (Phi) is 2.48. The van der Waals surface area contributed by atoms with Crippen LogP contribution in [0.2, 0.25) is 0 Å². The van der Waals surface area contributed by atoms with Crippen LogP contribution < -0.4 is 0 Å². The van der Waals surface area contributed by atoms with Crippen LogP contribution in [0, 0.1) is 0 Å². The molecule has 0 aliphatic rings. The average molecular weight is 217 g/mol. The van der Waals surface area contributed by atoms with Gasteiger partial charge >= 0.3 is 5.97 Å². The van der Waals surface area contributed by atoms with Crippen LogP contribution in [0.15, 0.2) is 24.3 Å². The second-order valence-electron chi connectivity index (χ2n) is 3.62.